The third-order valence-corrected chi connectivity index (χ3v) is 1.86. The van der Waals surface area contributed by atoms with E-state index in [1.165, 1.54) is 18.3 Å². The van der Waals surface area contributed by atoms with E-state index in [0.29, 0.717) is 12.2 Å². The fourth-order valence-corrected chi connectivity index (χ4v) is 0.980. The van der Waals surface area contributed by atoms with Gasteiger partial charge in [0.05, 0.1) is 6.21 Å². The van der Waals surface area contributed by atoms with E-state index in [1.54, 1.807) is 6.07 Å². The number of nitrogens with zero attached hydrogens (tertiary/aromatic N) is 1. The molecule has 0 radical (unpaired) electrons. The topological polar surface area (TPSA) is 62.0 Å². The quantitative estimate of drug-likeness (QED) is 0.338. The fraction of sp³-hybridized carbons (Fsp3) is 0.364. The molecule has 0 fully saturated rings. The maximum atomic E-state index is 9.19. The number of phenolic OH excluding ortho intramolecular Hbond substituents is 2. The molecule has 0 amide bonds. The van der Waals surface area contributed by atoms with E-state index in [4.69, 9.17) is 9.94 Å². The van der Waals surface area contributed by atoms with E-state index >= 15 is 0 Å². The Morgan fingerprint density at radius 2 is 2.13 bits per heavy atom. The number of hydrogen-bond acceptors (Lipinski definition) is 4. The molecule has 0 saturated carbocycles. The van der Waals surface area contributed by atoms with Crippen LogP contribution in [0.1, 0.15) is 25.3 Å². The van der Waals surface area contributed by atoms with E-state index in [2.05, 4.69) is 12.1 Å². The molecule has 0 heterocycles. The Kier molecular flexibility index (Phi) is 4.47. The minimum Gasteiger partial charge on any atom is -0.504 e. The summed E-state index contributed by atoms with van der Waals surface area (Å²) in [7, 11) is 0. The maximum absolute atomic E-state index is 9.19. The van der Waals surface area contributed by atoms with Crippen molar-refractivity contribution in [3.05, 3.63) is 23.8 Å². The van der Waals surface area contributed by atoms with Gasteiger partial charge in [-0.1, -0.05) is 18.5 Å². The molecular formula is C11H15NO3. The molecule has 0 bridgehead atoms. The highest BCUT2D eigenvalue weighted by Gasteiger charge is 1.97. The highest BCUT2D eigenvalue weighted by atomic mass is 16.6. The minimum absolute atomic E-state index is 0.140. The zero-order valence-corrected chi connectivity index (χ0v) is 8.68. The molecule has 0 aromatic heterocycles. The van der Waals surface area contributed by atoms with Crippen molar-refractivity contribution in [1.29, 1.82) is 0 Å². The average molecular weight is 209 g/mol. The standard InChI is InChI=1S/C11H15NO3/c1-2-3-6-15-12-8-9-4-5-10(13)11(14)7-9/h4-5,7-8,13-14H,2-3,6H2,1H3. The summed E-state index contributed by atoms with van der Waals surface area (Å²) in [5, 5.41) is 22.0. The lowest BCUT2D eigenvalue weighted by Gasteiger charge is -1.98. The summed E-state index contributed by atoms with van der Waals surface area (Å²) in [6, 6.07) is 4.46. The Bertz CT molecular complexity index is 337. The number of rotatable bonds is 5. The Hall–Kier alpha value is -1.71. The van der Waals surface area contributed by atoms with Gasteiger partial charge < -0.3 is 15.1 Å². The molecule has 82 valence electrons. The van der Waals surface area contributed by atoms with Crippen molar-refractivity contribution < 1.29 is 15.1 Å². The molecule has 0 aliphatic carbocycles. The van der Waals surface area contributed by atoms with E-state index in [9.17, 15) is 5.11 Å². The van der Waals surface area contributed by atoms with Crippen molar-refractivity contribution in [3.63, 3.8) is 0 Å². The SMILES string of the molecule is CCCCON=Cc1ccc(O)c(O)c1. The average Bonchev–Trinajstić information content (AvgIpc) is 2.23. The molecule has 1 rings (SSSR count). The number of aromatic hydroxyl groups is 2. The molecule has 0 aliphatic rings. The van der Waals surface area contributed by atoms with Crippen LogP contribution < -0.4 is 0 Å². The summed E-state index contributed by atoms with van der Waals surface area (Å²) in [5.41, 5.74) is 0.682. The van der Waals surface area contributed by atoms with Crippen LogP contribution in [-0.4, -0.2) is 23.0 Å². The van der Waals surface area contributed by atoms with Crippen LogP contribution in [0.15, 0.2) is 23.4 Å². The molecule has 0 unspecified atom stereocenters. The van der Waals surface area contributed by atoms with Crippen LogP contribution >= 0.6 is 0 Å². The Morgan fingerprint density at radius 3 is 2.80 bits per heavy atom. The van der Waals surface area contributed by atoms with E-state index < -0.39 is 0 Å². The summed E-state index contributed by atoms with van der Waals surface area (Å²) in [6.45, 7) is 2.67. The zero-order valence-electron chi connectivity index (χ0n) is 8.68. The van der Waals surface area contributed by atoms with Gasteiger partial charge in [0.25, 0.3) is 0 Å². The fourth-order valence-electron chi connectivity index (χ4n) is 0.980. The molecular weight excluding hydrogens is 194 g/mol. The summed E-state index contributed by atoms with van der Waals surface area (Å²) in [5.74, 6) is -0.299. The number of hydrogen-bond donors (Lipinski definition) is 2. The second-order valence-corrected chi connectivity index (χ2v) is 3.17. The van der Waals surface area contributed by atoms with Gasteiger partial charge in [-0.25, -0.2) is 0 Å². The normalized spacial score (nSPS) is 10.7. The van der Waals surface area contributed by atoms with Crippen molar-refractivity contribution in [3.8, 4) is 11.5 Å². The number of oxime groups is 1. The molecule has 15 heavy (non-hydrogen) atoms. The molecule has 4 nitrogen and oxygen atoms in total. The third kappa shape index (κ3) is 3.89. The van der Waals surface area contributed by atoms with Crippen LogP contribution in [0.4, 0.5) is 0 Å². The molecule has 1 aromatic rings. The van der Waals surface area contributed by atoms with Gasteiger partial charge in [0.15, 0.2) is 11.5 Å². The molecule has 0 saturated heterocycles. The van der Waals surface area contributed by atoms with Crippen LogP contribution in [0, 0.1) is 0 Å². The van der Waals surface area contributed by atoms with Gasteiger partial charge in [-0.05, 0) is 30.2 Å². The summed E-state index contributed by atoms with van der Waals surface area (Å²) in [6.07, 6.45) is 3.53. The summed E-state index contributed by atoms with van der Waals surface area (Å²) >= 11 is 0. The molecule has 0 spiro atoms. The van der Waals surface area contributed by atoms with Crippen molar-refractivity contribution in [2.75, 3.05) is 6.61 Å². The van der Waals surface area contributed by atoms with Crippen LogP contribution in [0.25, 0.3) is 0 Å². The first-order valence-corrected chi connectivity index (χ1v) is 4.91. The lowest BCUT2D eigenvalue weighted by molar-refractivity contribution is 0.143. The molecule has 4 heteroatoms. The Labute approximate surface area is 88.8 Å². The lowest BCUT2D eigenvalue weighted by atomic mass is 10.2. The first kappa shape index (κ1) is 11.4. The Morgan fingerprint density at radius 1 is 1.33 bits per heavy atom. The maximum Gasteiger partial charge on any atom is 0.158 e. The van der Waals surface area contributed by atoms with Gasteiger partial charge in [0.2, 0.25) is 0 Å². The van der Waals surface area contributed by atoms with Crippen molar-refractivity contribution >= 4 is 6.21 Å². The molecule has 2 N–H and O–H groups in total. The van der Waals surface area contributed by atoms with E-state index in [1.807, 2.05) is 0 Å². The number of benzene rings is 1. The summed E-state index contributed by atoms with van der Waals surface area (Å²) < 4.78 is 0. The highest BCUT2D eigenvalue weighted by molar-refractivity contribution is 5.80. The molecule has 0 aliphatic heterocycles. The zero-order chi connectivity index (χ0) is 11.1. The van der Waals surface area contributed by atoms with Crippen molar-refractivity contribution in [2.45, 2.75) is 19.8 Å². The second-order valence-electron chi connectivity index (χ2n) is 3.17. The largest absolute Gasteiger partial charge is 0.504 e. The van der Waals surface area contributed by atoms with E-state index in [-0.39, 0.29) is 11.5 Å². The third-order valence-electron chi connectivity index (χ3n) is 1.86. The monoisotopic (exact) mass is 209 g/mol. The molecule has 1 aromatic carbocycles. The lowest BCUT2D eigenvalue weighted by Crippen LogP contribution is -1.88. The number of unbranched alkanes of at least 4 members (excludes halogenated alkanes) is 1. The minimum atomic E-state index is -0.160. The van der Waals surface area contributed by atoms with Crippen LogP contribution in [0.3, 0.4) is 0 Å². The van der Waals surface area contributed by atoms with Crippen molar-refractivity contribution in [1.82, 2.24) is 0 Å². The Balaban J connectivity index is 2.46. The van der Waals surface area contributed by atoms with Gasteiger partial charge in [0.1, 0.15) is 6.61 Å². The van der Waals surface area contributed by atoms with Crippen LogP contribution in [0.2, 0.25) is 0 Å². The van der Waals surface area contributed by atoms with E-state index in [0.717, 1.165) is 12.8 Å². The van der Waals surface area contributed by atoms with Crippen molar-refractivity contribution in [2.24, 2.45) is 5.16 Å². The smallest absolute Gasteiger partial charge is 0.158 e. The van der Waals surface area contributed by atoms with Gasteiger partial charge in [-0.15, -0.1) is 0 Å². The summed E-state index contributed by atoms with van der Waals surface area (Å²) in [4.78, 5) is 4.97. The first-order valence-electron chi connectivity index (χ1n) is 4.91. The van der Waals surface area contributed by atoms with Crippen LogP contribution in [-0.2, 0) is 4.84 Å². The molecule has 0 atom stereocenters. The van der Waals surface area contributed by atoms with Gasteiger partial charge in [-0.3, -0.25) is 0 Å². The second kappa shape index (κ2) is 5.90. The van der Waals surface area contributed by atoms with Crippen LogP contribution in [0.5, 0.6) is 11.5 Å². The predicted octanol–water partition coefficient (Wildman–Crippen LogP) is 2.25. The first-order chi connectivity index (χ1) is 7.24. The van der Waals surface area contributed by atoms with Gasteiger partial charge >= 0.3 is 0 Å². The predicted molar refractivity (Wildman–Crippen MR) is 58.2 cm³/mol. The van der Waals surface area contributed by atoms with Gasteiger partial charge in [0, 0.05) is 0 Å². The van der Waals surface area contributed by atoms with Gasteiger partial charge in [-0.2, -0.15) is 0 Å². The number of phenols is 2. The highest BCUT2D eigenvalue weighted by Crippen LogP contribution is 2.23.